The number of hydrogen-bond acceptors (Lipinski definition) is 3. The molecule has 130 valence electrons. The first-order valence-electron chi connectivity index (χ1n) is 6.34. The minimum atomic E-state index is -4.79. The number of benzene rings is 2. The first-order chi connectivity index (χ1) is 11.0. The highest BCUT2D eigenvalue weighted by Gasteiger charge is 2.34. The SMILES string of the molecule is CS(=O)c1ccccc1NS(=O)(=O)c1ccc(Cl)c(C(F)(F)F)c1. The molecule has 2 rings (SSSR count). The Hall–Kier alpha value is -1.58. The number of rotatable bonds is 4. The Balaban J connectivity index is 2.48. The largest absolute Gasteiger partial charge is 0.417 e. The zero-order valence-electron chi connectivity index (χ0n) is 12.1. The molecular formula is C14H11ClF3NO3S2. The molecule has 0 fully saturated rings. The standard InChI is InChI=1S/C14H11ClF3NO3S2/c1-23(20)13-5-3-2-4-12(13)19-24(21,22)9-6-7-11(15)10(8-9)14(16,17)18/h2-8,19H,1H3. The Morgan fingerprint density at radius 1 is 1.12 bits per heavy atom. The van der Waals surface area contributed by atoms with Crippen LogP contribution in [0.2, 0.25) is 5.02 Å². The molecule has 2 aromatic carbocycles. The van der Waals surface area contributed by atoms with E-state index in [0.29, 0.717) is 6.07 Å². The van der Waals surface area contributed by atoms with Gasteiger partial charge in [0.15, 0.2) is 0 Å². The number of para-hydroxylation sites is 1. The van der Waals surface area contributed by atoms with Crippen LogP contribution in [-0.2, 0) is 27.0 Å². The second-order valence-corrected chi connectivity index (χ2v) is 8.13. The second kappa shape index (κ2) is 6.73. The normalized spacial score (nSPS) is 13.5. The maximum absolute atomic E-state index is 12.9. The third-order valence-corrected chi connectivity index (χ3v) is 5.66. The average molecular weight is 398 g/mol. The molecule has 2 aromatic rings. The van der Waals surface area contributed by atoms with Gasteiger partial charge in [0.1, 0.15) is 0 Å². The van der Waals surface area contributed by atoms with Gasteiger partial charge < -0.3 is 0 Å². The predicted molar refractivity (Wildman–Crippen MR) is 86.0 cm³/mol. The van der Waals surface area contributed by atoms with E-state index in [1.54, 1.807) is 6.07 Å². The summed E-state index contributed by atoms with van der Waals surface area (Å²) in [5.41, 5.74) is -1.22. The zero-order chi connectivity index (χ0) is 18.1. The summed E-state index contributed by atoms with van der Waals surface area (Å²) in [6, 6.07) is 8.19. The monoisotopic (exact) mass is 397 g/mol. The second-order valence-electron chi connectivity index (χ2n) is 4.70. The first kappa shape index (κ1) is 18.8. The third-order valence-electron chi connectivity index (χ3n) is 2.99. The minimum Gasteiger partial charge on any atom is -0.278 e. The van der Waals surface area contributed by atoms with Crippen molar-refractivity contribution in [3.05, 3.63) is 53.1 Å². The van der Waals surface area contributed by atoms with E-state index in [9.17, 15) is 25.8 Å². The zero-order valence-corrected chi connectivity index (χ0v) is 14.5. The van der Waals surface area contributed by atoms with Crippen molar-refractivity contribution >= 4 is 38.1 Å². The van der Waals surface area contributed by atoms with E-state index in [1.807, 2.05) is 0 Å². The number of sulfonamides is 1. The van der Waals surface area contributed by atoms with Crippen molar-refractivity contribution in [2.75, 3.05) is 11.0 Å². The van der Waals surface area contributed by atoms with E-state index in [1.165, 1.54) is 24.5 Å². The van der Waals surface area contributed by atoms with Gasteiger partial charge in [-0.3, -0.25) is 8.93 Å². The maximum Gasteiger partial charge on any atom is 0.417 e. The summed E-state index contributed by atoms with van der Waals surface area (Å²) in [6.07, 6.45) is -3.43. The predicted octanol–water partition coefficient (Wildman–Crippen LogP) is 3.90. The van der Waals surface area contributed by atoms with Crippen molar-refractivity contribution in [1.29, 1.82) is 0 Å². The number of halogens is 4. The van der Waals surface area contributed by atoms with E-state index < -0.39 is 42.5 Å². The highest BCUT2D eigenvalue weighted by atomic mass is 35.5. The van der Waals surface area contributed by atoms with E-state index >= 15 is 0 Å². The minimum absolute atomic E-state index is 0.0295. The molecule has 0 saturated heterocycles. The van der Waals surface area contributed by atoms with Crippen LogP contribution >= 0.6 is 11.6 Å². The Morgan fingerprint density at radius 2 is 1.75 bits per heavy atom. The Kier molecular flexibility index (Phi) is 5.26. The van der Waals surface area contributed by atoms with E-state index in [-0.39, 0.29) is 10.6 Å². The quantitative estimate of drug-likeness (QED) is 0.851. The highest BCUT2D eigenvalue weighted by molar-refractivity contribution is 7.92. The lowest BCUT2D eigenvalue weighted by Crippen LogP contribution is -2.16. The van der Waals surface area contributed by atoms with E-state index in [0.717, 1.165) is 12.1 Å². The van der Waals surface area contributed by atoms with Crippen molar-refractivity contribution in [2.45, 2.75) is 16.0 Å². The molecule has 0 heterocycles. The van der Waals surface area contributed by atoms with Gasteiger partial charge in [0, 0.05) is 6.26 Å². The summed E-state index contributed by atoms with van der Waals surface area (Å²) in [6.45, 7) is 0. The molecule has 0 bridgehead atoms. The Bertz CT molecular complexity index is 898. The van der Waals surface area contributed by atoms with E-state index in [4.69, 9.17) is 11.6 Å². The lowest BCUT2D eigenvalue weighted by Gasteiger charge is -2.14. The van der Waals surface area contributed by atoms with Gasteiger partial charge in [0.2, 0.25) is 0 Å². The van der Waals surface area contributed by atoms with Gasteiger partial charge in [-0.05, 0) is 30.3 Å². The summed E-state index contributed by atoms with van der Waals surface area (Å²) in [5, 5.41) is -0.600. The topological polar surface area (TPSA) is 63.2 Å². The summed E-state index contributed by atoms with van der Waals surface area (Å²) in [4.78, 5) is -0.387. The highest BCUT2D eigenvalue weighted by Crippen LogP contribution is 2.36. The van der Waals surface area contributed by atoms with Crippen molar-refractivity contribution < 1.29 is 25.8 Å². The molecule has 0 saturated carbocycles. The van der Waals surface area contributed by atoms with Crippen LogP contribution in [0.3, 0.4) is 0 Å². The van der Waals surface area contributed by atoms with Crippen LogP contribution in [0.15, 0.2) is 52.3 Å². The molecule has 0 aliphatic heterocycles. The van der Waals surface area contributed by atoms with Gasteiger partial charge in [-0.15, -0.1) is 0 Å². The van der Waals surface area contributed by atoms with Gasteiger partial charge in [0.25, 0.3) is 10.0 Å². The van der Waals surface area contributed by atoms with Gasteiger partial charge in [0.05, 0.1) is 36.9 Å². The van der Waals surface area contributed by atoms with Crippen molar-refractivity contribution in [1.82, 2.24) is 0 Å². The number of anilines is 1. The van der Waals surface area contributed by atoms with Crippen LogP contribution in [0.1, 0.15) is 5.56 Å². The smallest absolute Gasteiger partial charge is 0.278 e. The molecule has 1 N–H and O–H groups in total. The summed E-state index contributed by atoms with van der Waals surface area (Å²) < 4.78 is 77.1. The lowest BCUT2D eigenvalue weighted by molar-refractivity contribution is -0.137. The lowest BCUT2D eigenvalue weighted by atomic mass is 10.2. The summed E-state index contributed by atoms with van der Waals surface area (Å²) in [5.74, 6) is 0. The van der Waals surface area contributed by atoms with Crippen LogP contribution in [0.25, 0.3) is 0 Å². The number of hydrogen-bond donors (Lipinski definition) is 1. The van der Waals surface area contributed by atoms with Gasteiger partial charge >= 0.3 is 6.18 Å². The summed E-state index contributed by atoms with van der Waals surface area (Å²) in [7, 11) is -5.79. The van der Waals surface area contributed by atoms with Crippen LogP contribution < -0.4 is 4.72 Å². The average Bonchev–Trinajstić information content (AvgIpc) is 2.46. The Labute approximate surface area is 144 Å². The number of alkyl halides is 3. The molecule has 24 heavy (non-hydrogen) atoms. The molecule has 0 amide bonds. The molecule has 0 spiro atoms. The van der Waals surface area contributed by atoms with Crippen LogP contribution in [0, 0.1) is 0 Å². The number of nitrogens with one attached hydrogen (secondary N) is 1. The maximum atomic E-state index is 12.9. The molecular weight excluding hydrogens is 387 g/mol. The van der Waals surface area contributed by atoms with Crippen LogP contribution in [-0.4, -0.2) is 18.9 Å². The fourth-order valence-corrected chi connectivity index (χ4v) is 3.99. The molecule has 0 aromatic heterocycles. The molecule has 10 heteroatoms. The van der Waals surface area contributed by atoms with Gasteiger partial charge in [-0.2, -0.15) is 13.2 Å². The van der Waals surface area contributed by atoms with Gasteiger partial charge in [-0.1, -0.05) is 23.7 Å². The fourth-order valence-electron chi connectivity index (χ4n) is 1.89. The molecule has 0 aliphatic carbocycles. The fraction of sp³-hybridized carbons (Fsp3) is 0.143. The van der Waals surface area contributed by atoms with E-state index in [2.05, 4.69) is 4.72 Å². The van der Waals surface area contributed by atoms with Crippen LogP contribution in [0.5, 0.6) is 0 Å². The third kappa shape index (κ3) is 4.08. The molecule has 4 nitrogen and oxygen atoms in total. The Morgan fingerprint density at radius 3 is 2.33 bits per heavy atom. The van der Waals surface area contributed by atoms with Crippen LogP contribution in [0.4, 0.5) is 18.9 Å². The molecule has 1 atom stereocenters. The van der Waals surface area contributed by atoms with Crippen molar-refractivity contribution in [3.8, 4) is 0 Å². The van der Waals surface area contributed by atoms with Gasteiger partial charge in [-0.25, -0.2) is 8.42 Å². The molecule has 1 unspecified atom stereocenters. The molecule has 0 radical (unpaired) electrons. The van der Waals surface area contributed by atoms with Crippen molar-refractivity contribution in [3.63, 3.8) is 0 Å². The summed E-state index contributed by atoms with van der Waals surface area (Å²) >= 11 is 5.48. The van der Waals surface area contributed by atoms with Crippen molar-refractivity contribution in [2.24, 2.45) is 0 Å². The first-order valence-corrected chi connectivity index (χ1v) is 9.76. The molecule has 0 aliphatic rings.